The Morgan fingerprint density at radius 1 is 1.47 bits per heavy atom. The van der Waals surface area contributed by atoms with Crippen molar-refractivity contribution in [2.45, 2.75) is 12.5 Å². The molecule has 0 amide bonds. The molecule has 1 aromatic carbocycles. The number of halogens is 1. The zero-order chi connectivity index (χ0) is 12.3. The predicted octanol–water partition coefficient (Wildman–Crippen LogP) is 1.80. The minimum atomic E-state index is -0.262. The molecule has 4 heteroatoms. The Balaban J connectivity index is 2.04. The molecule has 3 nitrogen and oxygen atoms in total. The third kappa shape index (κ3) is 2.96. The molecule has 0 radical (unpaired) electrons. The molecule has 1 N–H and O–H groups in total. The minimum absolute atomic E-state index is 0.203. The summed E-state index contributed by atoms with van der Waals surface area (Å²) in [5, 5.41) is 3.45. The molecule has 0 fully saturated rings. The molecule has 0 saturated carbocycles. The van der Waals surface area contributed by atoms with Crippen molar-refractivity contribution >= 4 is 0 Å². The number of hydrogen-bond acceptors (Lipinski definition) is 3. The van der Waals surface area contributed by atoms with E-state index in [9.17, 15) is 4.39 Å². The van der Waals surface area contributed by atoms with Crippen molar-refractivity contribution in [1.29, 1.82) is 0 Å². The summed E-state index contributed by atoms with van der Waals surface area (Å²) in [6.45, 7) is 2.45. The van der Waals surface area contributed by atoms with Crippen LogP contribution < -0.4 is 10.1 Å². The summed E-state index contributed by atoms with van der Waals surface area (Å²) in [7, 11) is 4.08. The molecule has 2 rings (SSSR count). The second-order valence-electron chi connectivity index (χ2n) is 4.61. The largest absolute Gasteiger partial charge is 0.490 e. The molecule has 1 heterocycles. The van der Waals surface area contributed by atoms with Crippen LogP contribution in [0.5, 0.6) is 5.75 Å². The monoisotopic (exact) mass is 238 g/mol. The molecular weight excluding hydrogens is 219 g/mol. The van der Waals surface area contributed by atoms with Crippen LogP contribution in [0.15, 0.2) is 18.2 Å². The number of hydrogen-bond donors (Lipinski definition) is 1. The van der Waals surface area contributed by atoms with Gasteiger partial charge in [-0.15, -0.1) is 0 Å². The van der Waals surface area contributed by atoms with Gasteiger partial charge in [0.1, 0.15) is 0 Å². The molecular formula is C13H19FN2O. The SMILES string of the molecule is CN(C)CCNC1CCOc2c(F)cccc21. The number of benzene rings is 1. The fraction of sp³-hybridized carbons (Fsp3) is 0.538. The van der Waals surface area contributed by atoms with Crippen molar-refractivity contribution in [3.8, 4) is 5.75 Å². The smallest absolute Gasteiger partial charge is 0.165 e. The second kappa shape index (κ2) is 5.47. The summed E-state index contributed by atoms with van der Waals surface area (Å²) in [6, 6.07) is 5.32. The quantitative estimate of drug-likeness (QED) is 0.865. The van der Waals surface area contributed by atoms with Crippen molar-refractivity contribution in [1.82, 2.24) is 10.2 Å². The maximum atomic E-state index is 13.5. The molecule has 1 unspecified atom stereocenters. The highest BCUT2D eigenvalue weighted by atomic mass is 19.1. The van der Waals surface area contributed by atoms with E-state index in [0.717, 1.165) is 25.1 Å². The van der Waals surface area contributed by atoms with Gasteiger partial charge in [0, 0.05) is 31.1 Å². The summed E-state index contributed by atoms with van der Waals surface area (Å²) < 4.78 is 18.9. The Bertz CT molecular complexity index is 382. The molecule has 1 atom stereocenters. The van der Waals surface area contributed by atoms with Crippen LogP contribution >= 0.6 is 0 Å². The third-order valence-corrected chi connectivity index (χ3v) is 2.98. The Hall–Kier alpha value is -1.13. The van der Waals surface area contributed by atoms with Crippen molar-refractivity contribution < 1.29 is 9.13 Å². The van der Waals surface area contributed by atoms with Gasteiger partial charge in [0.05, 0.1) is 6.61 Å². The van der Waals surface area contributed by atoms with Crippen LogP contribution in [0.3, 0.4) is 0 Å². The average Bonchev–Trinajstić information content (AvgIpc) is 2.30. The Morgan fingerprint density at radius 3 is 3.06 bits per heavy atom. The Kier molecular flexibility index (Phi) is 3.97. The molecule has 0 aromatic heterocycles. The van der Waals surface area contributed by atoms with Gasteiger partial charge in [-0.05, 0) is 20.2 Å². The first-order valence-corrected chi connectivity index (χ1v) is 5.98. The molecule has 94 valence electrons. The summed E-state index contributed by atoms with van der Waals surface area (Å²) in [4.78, 5) is 2.12. The van der Waals surface area contributed by atoms with Gasteiger partial charge in [0.2, 0.25) is 0 Å². The summed E-state index contributed by atoms with van der Waals surface area (Å²) in [6.07, 6.45) is 0.893. The van der Waals surface area contributed by atoms with Gasteiger partial charge >= 0.3 is 0 Å². The van der Waals surface area contributed by atoms with Crippen molar-refractivity contribution in [3.63, 3.8) is 0 Å². The van der Waals surface area contributed by atoms with Gasteiger partial charge in [0.25, 0.3) is 0 Å². The Labute approximate surface area is 102 Å². The third-order valence-electron chi connectivity index (χ3n) is 2.98. The van der Waals surface area contributed by atoms with E-state index >= 15 is 0 Å². The molecule has 1 aliphatic rings. The van der Waals surface area contributed by atoms with Crippen molar-refractivity contribution in [2.24, 2.45) is 0 Å². The number of ether oxygens (including phenoxy) is 1. The van der Waals surface area contributed by atoms with Crippen LogP contribution in [0.1, 0.15) is 18.0 Å². The van der Waals surface area contributed by atoms with Crippen LogP contribution in [0, 0.1) is 5.82 Å². The first kappa shape index (κ1) is 12.3. The van der Waals surface area contributed by atoms with Crippen molar-refractivity contribution in [2.75, 3.05) is 33.8 Å². The lowest BCUT2D eigenvalue weighted by molar-refractivity contribution is 0.238. The zero-order valence-corrected chi connectivity index (χ0v) is 10.4. The fourth-order valence-electron chi connectivity index (χ4n) is 2.06. The zero-order valence-electron chi connectivity index (χ0n) is 10.4. The fourth-order valence-corrected chi connectivity index (χ4v) is 2.06. The van der Waals surface area contributed by atoms with Gasteiger partial charge in [-0.3, -0.25) is 0 Å². The highest BCUT2D eigenvalue weighted by Crippen LogP contribution is 2.33. The number of nitrogens with one attached hydrogen (secondary N) is 1. The first-order chi connectivity index (χ1) is 8.18. The highest BCUT2D eigenvalue weighted by molar-refractivity contribution is 5.38. The molecule has 1 aromatic rings. The van der Waals surface area contributed by atoms with Gasteiger partial charge in [-0.2, -0.15) is 0 Å². The molecule has 0 saturated heterocycles. The second-order valence-corrected chi connectivity index (χ2v) is 4.61. The number of fused-ring (bicyclic) bond motifs is 1. The van der Waals surface area contributed by atoms with Gasteiger partial charge < -0.3 is 15.0 Å². The van der Waals surface area contributed by atoms with Crippen LogP contribution in [-0.2, 0) is 0 Å². The van der Waals surface area contributed by atoms with Gasteiger partial charge in [0.15, 0.2) is 11.6 Å². The number of nitrogens with zero attached hydrogens (tertiary/aromatic N) is 1. The highest BCUT2D eigenvalue weighted by Gasteiger charge is 2.23. The van der Waals surface area contributed by atoms with E-state index in [2.05, 4.69) is 10.2 Å². The van der Waals surface area contributed by atoms with E-state index in [-0.39, 0.29) is 11.9 Å². The summed E-state index contributed by atoms with van der Waals surface area (Å²) in [5.74, 6) is 0.155. The van der Waals surface area contributed by atoms with Crippen LogP contribution in [-0.4, -0.2) is 38.7 Å². The molecule has 1 aliphatic heterocycles. The summed E-state index contributed by atoms with van der Waals surface area (Å²) >= 11 is 0. The predicted molar refractivity (Wildman–Crippen MR) is 65.8 cm³/mol. The lowest BCUT2D eigenvalue weighted by Gasteiger charge is -2.27. The summed E-state index contributed by atoms with van der Waals surface area (Å²) in [5.41, 5.74) is 0.940. The molecule has 0 spiro atoms. The molecule has 0 bridgehead atoms. The topological polar surface area (TPSA) is 24.5 Å². The molecule has 0 aliphatic carbocycles. The van der Waals surface area contributed by atoms with Crippen LogP contribution in [0.4, 0.5) is 4.39 Å². The van der Waals surface area contributed by atoms with E-state index in [1.807, 2.05) is 20.2 Å². The van der Waals surface area contributed by atoms with E-state index in [1.165, 1.54) is 6.07 Å². The van der Waals surface area contributed by atoms with E-state index in [0.29, 0.717) is 12.4 Å². The first-order valence-electron chi connectivity index (χ1n) is 5.98. The van der Waals surface area contributed by atoms with Crippen molar-refractivity contribution in [3.05, 3.63) is 29.6 Å². The molecule has 17 heavy (non-hydrogen) atoms. The van der Waals surface area contributed by atoms with E-state index in [4.69, 9.17) is 4.74 Å². The van der Waals surface area contributed by atoms with Crippen LogP contribution in [0.25, 0.3) is 0 Å². The Morgan fingerprint density at radius 2 is 2.29 bits per heavy atom. The number of para-hydroxylation sites is 1. The lowest BCUT2D eigenvalue weighted by Crippen LogP contribution is -2.32. The number of likely N-dealkylation sites (N-methyl/N-ethyl adjacent to an activating group) is 1. The van der Waals surface area contributed by atoms with E-state index < -0.39 is 0 Å². The maximum Gasteiger partial charge on any atom is 0.165 e. The standard InChI is InChI=1S/C13H19FN2O/c1-16(2)8-7-15-12-6-9-17-13-10(12)4-3-5-11(13)14/h3-5,12,15H,6-9H2,1-2H3. The average molecular weight is 238 g/mol. The lowest BCUT2D eigenvalue weighted by atomic mass is 10.0. The van der Waals surface area contributed by atoms with Crippen LogP contribution in [0.2, 0.25) is 0 Å². The minimum Gasteiger partial charge on any atom is -0.490 e. The van der Waals surface area contributed by atoms with Gasteiger partial charge in [-0.1, -0.05) is 12.1 Å². The van der Waals surface area contributed by atoms with E-state index in [1.54, 1.807) is 6.07 Å². The normalized spacial score (nSPS) is 18.9. The van der Waals surface area contributed by atoms with Gasteiger partial charge in [-0.25, -0.2) is 4.39 Å². The maximum absolute atomic E-state index is 13.5. The number of rotatable bonds is 4.